The lowest BCUT2D eigenvalue weighted by Gasteiger charge is -2.05. The van der Waals surface area contributed by atoms with Crippen molar-refractivity contribution < 1.29 is 9.18 Å². The lowest BCUT2D eigenvalue weighted by molar-refractivity contribution is 0.102. The minimum atomic E-state index is -0.274. The number of carbonyl (C=O) groups is 1. The van der Waals surface area contributed by atoms with Crippen LogP contribution in [-0.2, 0) is 0 Å². The van der Waals surface area contributed by atoms with E-state index in [0.29, 0.717) is 11.3 Å². The number of benzene rings is 2. The number of carbonyl (C=O) groups excluding carboxylic acids is 1. The zero-order valence-electron chi connectivity index (χ0n) is 11.1. The van der Waals surface area contributed by atoms with Gasteiger partial charge in [0, 0.05) is 28.2 Å². The molecule has 0 aliphatic heterocycles. The van der Waals surface area contributed by atoms with Gasteiger partial charge in [0.05, 0.1) is 5.75 Å². The minimum Gasteiger partial charge on any atom is -0.293 e. The highest BCUT2D eigenvalue weighted by atomic mass is 32.2. The van der Waals surface area contributed by atoms with E-state index in [9.17, 15) is 9.18 Å². The highest BCUT2D eigenvalue weighted by Crippen LogP contribution is 2.22. The number of nitrogens with zero attached hydrogens (tertiary/aromatic N) is 1. The van der Waals surface area contributed by atoms with Crippen molar-refractivity contribution in [3.63, 3.8) is 0 Å². The van der Waals surface area contributed by atoms with Crippen LogP contribution < -0.4 is 0 Å². The highest BCUT2D eigenvalue weighted by molar-refractivity contribution is 8.00. The molecule has 0 N–H and O–H groups in total. The molecule has 2 nitrogen and oxygen atoms in total. The number of ketones is 1. The average molecular weight is 297 g/mol. The van der Waals surface area contributed by atoms with E-state index in [4.69, 9.17) is 0 Å². The molecule has 0 aliphatic carbocycles. The van der Waals surface area contributed by atoms with Crippen LogP contribution in [0.4, 0.5) is 4.39 Å². The Morgan fingerprint density at radius 1 is 1.05 bits per heavy atom. The van der Waals surface area contributed by atoms with E-state index in [1.807, 2.05) is 24.3 Å². The molecule has 3 rings (SSSR count). The van der Waals surface area contributed by atoms with Gasteiger partial charge in [0.1, 0.15) is 5.82 Å². The van der Waals surface area contributed by atoms with E-state index in [2.05, 4.69) is 4.98 Å². The summed E-state index contributed by atoms with van der Waals surface area (Å²) in [5.41, 5.74) is 0.628. The summed E-state index contributed by atoms with van der Waals surface area (Å²) in [6.45, 7) is 0. The van der Waals surface area contributed by atoms with Crippen molar-refractivity contribution in [1.29, 1.82) is 0 Å². The molecule has 104 valence electrons. The number of halogens is 1. The lowest BCUT2D eigenvalue weighted by Crippen LogP contribution is -2.03. The first-order chi connectivity index (χ1) is 10.2. The van der Waals surface area contributed by atoms with E-state index in [0.717, 1.165) is 15.7 Å². The van der Waals surface area contributed by atoms with Gasteiger partial charge in [0.15, 0.2) is 5.78 Å². The molecule has 4 heteroatoms. The molecule has 0 spiro atoms. The number of aromatic nitrogens is 1. The van der Waals surface area contributed by atoms with Crippen LogP contribution in [-0.4, -0.2) is 16.5 Å². The number of rotatable bonds is 4. The topological polar surface area (TPSA) is 30.0 Å². The molecule has 0 aliphatic rings. The van der Waals surface area contributed by atoms with Gasteiger partial charge in [0.2, 0.25) is 0 Å². The summed E-state index contributed by atoms with van der Waals surface area (Å²) in [4.78, 5) is 17.4. The predicted molar refractivity (Wildman–Crippen MR) is 83.2 cm³/mol. The first-order valence-corrected chi connectivity index (χ1v) is 7.47. The second kappa shape index (κ2) is 6.06. The van der Waals surface area contributed by atoms with Gasteiger partial charge in [-0.05, 0) is 29.7 Å². The smallest absolute Gasteiger partial charge is 0.175 e. The van der Waals surface area contributed by atoms with Crippen molar-refractivity contribution in [2.75, 3.05) is 5.75 Å². The summed E-state index contributed by atoms with van der Waals surface area (Å²) in [5.74, 6) is 0.0546. The zero-order chi connectivity index (χ0) is 14.7. The van der Waals surface area contributed by atoms with Gasteiger partial charge in [-0.1, -0.05) is 24.3 Å². The monoisotopic (exact) mass is 297 g/mol. The summed E-state index contributed by atoms with van der Waals surface area (Å²) < 4.78 is 12.8. The fourth-order valence-electron chi connectivity index (χ4n) is 2.10. The molecule has 3 aromatic rings. The third-order valence-electron chi connectivity index (χ3n) is 3.15. The Labute approximate surface area is 126 Å². The van der Waals surface area contributed by atoms with E-state index >= 15 is 0 Å². The molecular formula is C17H12FNOS. The van der Waals surface area contributed by atoms with E-state index in [1.54, 1.807) is 24.5 Å². The summed E-state index contributed by atoms with van der Waals surface area (Å²) in [7, 11) is 0. The van der Waals surface area contributed by atoms with Crippen molar-refractivity contribution in [3.05, 3.63) is 72.3 Å². The van der Waals surface area contributed by atoms with Crippen LogP contribution in [0.25, 0.3) is 10.8 Å². The first kappa shape index (κ1) is 13.8. The molecule has 0 amide bonds. The Bertz CT molecular complexity index is 781. The fourth-order valence-corrected chi connectivity index (χ4v) is 2.88. The first-order valence-electron chi connectivity index (χ1n) is 6.48. The van der Waals surface area contributed by atoms with E-state index < -0.39 is 0 Å². The number of hydrogen-bond donors (Lipinski definition) is 0. The molecular weight excluding hydrogens is 285 g/mol. The van der Waals surface area contributed by atoms with Crippen molar-refractivity contribution in [2.45, 2.75) is 4.90 Å². The standard InChI is InChI=1S/C17H12FNOS/c18-13-5-7-14(8-6-13)21-11-17(20)16-10-19-9-12-3-1-2-4-15(12)16/h1-10H,11H2. The molecule has 0 saturated carbocycles. The molecule has 2 aromatic carbocycles. The maximum absolute atomic E-state index is 12.8. The fraction of sp³-hybridized carbons (Fsp3) is 0.0588. The number of Topliss-reactive ketones (excluding diaryl/α,β-unsaturated/α-hetero) is 1. The van der Waals surface area contributed by atoms with Crippen LogP contribution >= 0.6 is 11.8 Å². The molecule has 0 saturated heterocycles. The van der Waals surface area contributed by atoms with E-state index in [-0.39, 0.29) is 11.6 Å². The second-order valence-electron chi connectivity index (χ2n) is 4.57. The second-order valence-corrected chi connectivity index (χ2v) is 5.62. The van der Waals surface area contributed by atoms with Crippen LogP contribution in [0.3, 0.4) is 0 Å². The number of thioether (sulfide) groups is 1. The lowest BCUT2D eigenvalue weighted by atomic mass is 10.1. The molecule has 21 heavy (non-hydrogen) atoms. The summed E-state index contributed by atoms with van der Waals surface area (Å²) in [5, 5.41) is 1.87. The summed E-state index contributed by atoms with van der Waals surface area (Å²) >= 11 is 1.40. The Morgan fingerprint density at radius 2 is 1.81 bits per heavy atom. The molecule has 0 fully saturated rings. The third-order valence-corrected chi connectivity index (χ3v) is 4.16. The van der Waals surface area contributed by atoms with Gasteiger partial charge in [-0.2, -0.15) is 0 Å². The summed E-state index contributed by atoms with van der Waals surface area (Å²) in [6, 6.07) is 13.8. The third kappa shape index (κ3) is 3.11. The van der Waals surface area contributed by atoms with Gasteiger partial charge in [0.25, 0.3) is 0 Å². The van der Waals surface area contributed by atoms with Gasteiger partial charge in [-0.25, -0.2) is 4.39 Å². The number of pyridine rings is 1. The minimum absolute atomic E-state index is 0.0219. The molecule has 0 atom stereocenters. The molecule has 0 bridgehead atoms. The van der Waals surface area contributed by atoms with Gasteiger partial charge in [-0.15, -0.1) is 11.8 Å². The van der Waals surface area contributed by atoms with Crippen LogP contribution in [0.5, 0.6) is 0 Å². The number of fused-ring (bicyclic) bond motifs is 1. The number of hydrogen-bond acceptors (Lipinski definition) is 3. The Morgan fingerprint density at radius 3 is 2.62 bits per heavy atom. The predicted octanol–water partition coefficient (Wildman–Crippen LogP) is 4.35. The van der Waals surface area contributed by atoms with Crippen molar-refractivity contribution in [3.8, 4) is 0 Å². The molecule has 1 aromatic heterocycles. The highest BCUT2D eigenvalue weighted by Gasteiger charge is 2.11. The SMILES string of the molecule is O=C(CSc1ccc(F)cc1)c1cncc2ccccc12. The normalized spacial score (nSPS) is 10.7. The molecule has 0 radical (unpaired) electrons. The van der Waals surface area contributed by atoms with Crippen molar-refractivity contribution >= 4 is 28.3 Å². The average Bonchev–Trinajstić information content (AvgIpc) is 2.53. The maximum atomic E-state index is 12.8. The Kier molecular flexibility index (Phi) is 3.97. The van der Waals surface area contributed by atoms with Crippen LogP contribution in [0.1, 0.15) is 10.4 Å². The van der Waals surface area contributed by atoms with Crippen LogP contribution in [0.15, 0.2) is 65.8 Å². The van der Waals surface area contributed by atoms with Crippen LogP contribution in [0.2, 0.25) is 0 Å². The molecule has 0 unspecified atom stereocenters. The maximum Gasteiger partial charge on any atom is 0.175 e. The Hall–Kier alpha value is -2.20. The molecule has 1 heterocycles. The largest absolute Gasteiger partial charge is 0.293 e. The van der Waals surface area contributed by atoms with Crippen molar-refractivity contribution in [1.82, 2.24) is 4.98 Å². The Balaban J connectivity index is 1.79. The zero-order valence-corrected chi connectivity index (χ0v) is 11.9. The quantitative estimate of drug-likeness (QED) is 0.530. The summed E-state index contributed by atoms with van der Waals surface area (Å²) in [6.07, 6.45) is 3.36. The van der Waals surface area contributed by atoms with Gasteiger partial charge in [-0.3, -0.25) is 9.78 Å². The van der Waals surface area contributed by atoms with Crippen molar-refractivity contribution in [2.24, 2.45) is 0 Å². The van der Waals surface area contributed by atoms with Gasteiger partial charge >= 0.3 is 0 Å². The van der Waals surface area contributed by atoms with E-state index in [1.165, 1.54) is 23.9 Å². The van der Waals surface area contributed by atoms with Gasteiger partial charge < -0.3 is 0 Å². The van der Waals surface area contributed by atoms with Crippen LogP contribution in [0, 0.1) is 5.82 Å².